The molecule has 23 heavy (non-hydrogen) atoms. The Kier molecular flexibility index (Phi) is 3.28. The summed E-state index contributed by atoms with van der Waals surface area (Å²) in [7, 11) is 0. The summed E-state index contributed by atoms with van der Waals surface area (Å²) in [6, 6.07) is 13.5. The van der Waals surface area contributed by atoms with Gasteiger partial charge in [0.05, 0.1) is 6.33 Å². The van der Waals surface area contributed by atoms with Crippen LogP contribution in [0.1, 0.15) is 0 Å². The van der Waals surface area contributed by atoms with Crippen molar-refractivity contribution in [1.82, 2.24) is 24.9 Å². The largest absolute Gasteiger partial charge is 0.340 e. The summed E-state index contributed by atoms with van der Waals surface area (Å²) < 4.78 is 0. The van der Waals surface area contributed by atoms with E-state index in [0.717, 1.165) is 16.9 Å². The molecule has 0 aliphatic rings. The lowest BCUT2D eigenvalue weighted by atomic mass is 10.3. The first-order valence-electron chi connectivity index (χ1n) is 7.09. The standard InChI is InChI=1S/C16H13N7/c1-2-4-11(5-3-1)20-15-13-14(19-10-18-13)22-16(23-15)21-12-6-8-17-9-7-12/h1-10H,(H3,17,18,19,20,21,22,23). The highest BCUT2D eigenvalue weighted by molar-refractivity contribution is 5.86. The molecule has 0 fully saturated rings. The summed E-state index contributed by atoms with van der Waals surface area (Å²) >= 11 is 0. The molecule has 0 bridgehead atoms. The number of benzene rings is 1. The Labute approximate surface area is 131 Å². The molecule has 3 N–H and O–H groups in total. The van der Waals surface area contributed by atoms with Crippen molar-refractivity contribution < 1.29 is 0 Å². The minimum absolute atomic E-state index is 0.467. The highest BCUT2D eigenvalue weighted by atomic mass is 15.2. The van der Waals surface area contributed by atoms with Crippen molar-refractivity contribution in [3.05, 3.63) is 61.2 Å². The summed E-state index contributed by atoms with van der Waals surface area (Å²) in [4.78, 5) is 20.2. The molecule has 0 saturated heterocycles. The van der Waals surface area contributed by atoms with Gasteiger partial charge >= 0.3 is 0 Å². The zero-order valence-electron chi connectivity index (χ0n) is 12.1. The molecule has 0 spiro atoms. The molecule has 0 radical (unpaired) electrons. The highest BCUT2D eigenvalue weighted by Gasteiger charge is 2.10. The molecule has 7 heteroatoms. The quantitative estimate of drug-likeness (QED) is 0.536. The molecule has 0 aliphatic carbocycles. The van der Waals surface area contributed by atoms with Crippen LogP contribution in [-0.2, 0) is 0 Å². The van der Waals surface area contributed by atoms with Crippen LogP contribution in [0.4, 0.5) is 23.1 Å². The highest BCUT2D eigenvalue weighted by Crippen LogP contribution is 2.23. The van der Waals surface area contributed by atoms with Gasteiger partial charge in [-0.3, -0.25) is 4.98 Å². The van der Waals surface area contributed by atoms with Crippen LogP contribution >= 0.6 is 0 Å². The van der Waals surface area contributed by atoms with Crippen LogP contribution in [0, 0.1) is 0 Å². The molecular formula is C16H13N7. The van der Waals surface area contributed by atoms with Crippen LogP contribution in [-0.4, -0.2) is 24.9 Å². The number of nitrogens with one attached hydrogen (secondary N) is 3. The van der Waals surface area contributed by atoms with Crippen molar-refractivity contribution in [2.45, 2.75) is 0 Å². The summed E-state index contributed by atoms with van der Waals surface area (Å²) in [6.07, 6.45) is 5.02. The minimum Gasteiger partial charge on any atom is -0.340 e. The van der Waals surface area contributed by atoms with Gasteiger partial charge in [0.15, 0.2) is 11.5 Å². The molecule has 3 aromatic heterocycles. The number of rotatable bonds is 4. The van der Waals surface area contributed by atoms with E-state index in [1.165, 1.54) is 0 Å². The fourth-order valence-corrected chi connectivity index (χ4v) is 2.20. The third-order valence-corrected chi connectivity index (χ3v) is 3.26. The molecule has 0 saturated carbocycles. The Morgan fingerprint density at radius 2 is 1.61 bits per heavy atom. The van der Waals surface area contributed by atoms with E-state index in [4.69, 9.17) is 0 Å². The number of aromatic nitrogens is 5. The number of H-pyrrole nitrogens is 1. The lowest BCUT2D eigenvalue weighted by Gasteiger charge is -2.09. The van der Waals surface area contributed by atoms with Crippen LogP contribution in [0.25, 0.3) is 11.2 Å². The number of fused-ring (bicyclic) bond motifs is 1. The number of hydrogen-bond donors (Lipinski definition) is 3. The molecule has 0 amide bonds. The van der Waals surface area contributed by atoms with Crippen LogP contribution in [0.3, 0.4) is 0 Å². The van der Waals surface area contributed by atoms with E-state index in [-0.39, 0.29) is 0 Å². The van der Waals surface area contributed by atoms with E-state index in [1.54, 1.807) is 18.7 Å². The monoisotopic (exact) mass is 303 g/mol. The number of anilines is 4. The molecule has 3 heterocycles. The number of pyridine rings is 1. The van der Waals surface area contributed by atoms with Crippen molar-refractivity contribution in [3.63, 3.8) is 0 Å². The number of imidazole rings is 1. The van der Waals surface area contributed by atoms with Gasteiger partial charge in [-0.1, -0.05) is 18.2 Å². The maximum atomic E-state index is 4.54. The predicted octanol–water partition coefficient (Wildman–Crippen LogP) is 3.24. The molecule has 112 valence electrons. The second-order valence-corrected chi connectivity index (χ2v) is 4.85. The molecule has 0 unspecified atom stereocenters. The predicted molar refractivity (Wildman–Crippen MR) is 88.9 cm³/mol. The van der Waals surface area contributed by atoms with Crippen LogP contribution in [0.5, 0.6) is 0 Å². The third-order valence-electron chi connectivity index (χ3n) is 3.26. The van der Waals surface area contributed by atoms with Gasteiger partial charge < -0.3 is 15.6 Å². The van der Waals surface area contributed by atoms with E-state index in [9.17, 15) is 0 Å². The average Bonchev–Trinajstić information content (AvgIpc) is 3.05. The molecule has 7 nitrogen and oxygen atoms in total. The smallest absolute Gasteiger partial charge is 0.231 e. The van der Waals surface area contributed by atoms with E-state index < -0.39 is 0 Å². The number of aromatic amines is 1. The summed E-state index contributed by atoms with van der Waals surface area (Å²) in [6.45, 7) is 0. The fraction of sp³-hybridized carbons (Fsp3) is 0. The molecule has 0 atom stereocenters. The number of hydrogen-bond acceptors (Lipinski definition) is 6. The van der Waals surface area contributed by atoms with Gasteiger partial charge in [-0.15, -0.1) is 0 Å². The van der Waals surface area contributed by atoms with E-state index >= 15 is 0 Å². The average molecular weight is 303 g/mol. The molecular weight excluding hydrogens is 290 g/mol. The first kappa shape index (κ1) is 13.2. The Hall–Kier alpha value is -3.48. The Balaban J connectivity index is 1.72. The lowest BCUT2D eigenvalue weighted by molar-refractivity contribution is 1.19. The number of nitrogens with zero attached hydrogens (tertiary/aromatic N) is 4. The van der Waals surface area contributed by atoms with Gasteiger partial charge in [0.2, 0.25) is 5.95 Å². The zero-order valence-corrected chi connectivity index (χ0v) is 12.1. The van der Waals surface area contributed by atoms with E-state index in [0.29, 0.717) is 17.4 Å². The normalized spacial score (nSPS) is 10.6. The maximum absolute atomic E-state index is 4.54. The van der Waals surface area contributed by atoms with Crippen molar-refractivity contribution in [2.75, 3.05) is 10.6 Å². The Bertz CT molecular complexity index is 919. The topological polar surface area (TPSA) is 91.4 Å². The van der Waals surface area contributed by atoms with Gasteiger partial charge in [0, 0.05) is 23.8 Å². The van der Waals surface area contributed by atoms with Crippen LogP contribution < -0.4 is 10.6 Å². The van der Waals surface area contributed by atoms with Crippen molar-refractivity contribution >= 4 is 34.3 Å². The van der Waals surface area contributed by atoms with E-state index in [1.807, 2.05) is 42.5 Å². The zero-order chi connectivity index (χ0) is 15.5. The van der Waals surface area contributed by atoms with Gasteiger partial charge in [-0.2, -0.15) is 9.97 Å². The van der Waals surface area contributed by atoms with Crippen molar-refractivity contribution in [2.24, 2.45) is 0 Å². The van der Waals surface area contributed by atoms with E-state index in [2.05, 4.69) is 35.6 Å². The Morgan fingerprint density at radius 3 is 2.43 bits per heavy atom. The first-order chi connectivity index (χ1) is 11.4. The minimum atomic E-state index is 0.467. The summed E-state index contributed by atoms with van der Waals surface area (Å²) in [5.74, 6) is 1.13. The Morgan fingerprint density at radius 1 is 0.826 bits per heavy atom. The fourth-order valence-electron chi connectivity index (χ4n) is 2.20. The van der Waals surface area contributed by atoms with Gasteiger partial charge in [0.25, 0.3) is 0 Å². The second-order valence-electron chi connectivity index (χ2n) is 4.85. The van der Waals surface area contributed by atoms with Gasteiger partial charge in [-0.25, -0.2) is 4.98 Å². The van der Waals surface area contributed by atoms with Crippen LogP contribution in [0.15, 0.2) is 61.2 Å². The third kappa shape index (κ3) is 2.80. The first-order valence-corrected chi connectivity index (χ1v) is 7.09. The van der Waals surface area contributed by atoms with Crippen molar-refractivity contribution in [1.29, 1.82) is 0 Å². The van der Waals surface area contributed by atoms with Gasteiger partial charge in [-0.05, 0) is 24.3 Å². The summed E-state index contributed by atoms with van der Waals surface area (Å²) in [5.41, 5.74) is 3.15. The SMILES string of the molecule is c1ccc(Nc2nc(Nc3ccncc3)nc3nc[nH]c23)cc1. The van der Waals surface area contributed by atoms with Gasteiger partial charge in [0.1, 0.15) is 5.52 Å². The molecule has 0 aliphatic heterocycles. The molecule has 4 aromatic rings. The number of para-hydroxylation sites is 1. The molecule has 4 rings (SSSR count). The maximum Gasteiger partial charge on any atom is 0.231 e. The van der Waals surface area contributed by atoms with Crippen molar-refractivity contribution in [3.8, 4) is 0 Å². The summed E-state index contributed by atoms with van der Waals surface area (Å²) in [5, 5.41) is 6.44. The molecule has 1 aromatic carbocycles. The second kappa shape index (κ2) is 5.72. The van der Waals surface area contributed by atoms with Crippen LogP contribution in [0.2, 0.25) is 0 Å². The lowest BCUT2D eigenvalue weighted by Crippen LogP contribution is -2.02.